The van der Waals surface area contributed by atoms with Crippen molar-refractivity contribution in [3.05, 3.63) is 30.4 Å². The summed E-state index contributed by atoms with van der Waals surface area (Å²) in [5.74, 6) is 0. The molecule has 0 radical (unpaired) electrons. The van der Waals surface area contributed by atoms with Gasteiger partial charge in [-0.15, -0.1) is 0 Å². The van der Waals surface area contributed by atoms with Crippen LogP contribution in [0.4, 0.5) is 5.69 Å². The van der Waals surface area contributed by atoms with E-state index in [0.717, 1.165) is 11.1 Å². The van der Waals surface area contributed by atoms with Crippen LogP contribution in [-0.4, -0.2) is 21.0 Å². The van der Waals surface area contributed by atoms with Gasteiger partial charge in [0.1, 0.15) is 5.69 Å². The van der Waals surface area contributed by atoms with Gasteiger partial charge in [-0.2, -0.15) is 5.10 Å². The highest BCUT2D eigenvalue weighted by Gasteiger charge is 2.05. The fraction of sp³-hybridized carbons (Fsp3) is 0.100. The smallest absolute Gasteiger partial charge is 0.188 e. The van der Waals surface area contributed by atoms with E-state index in [1.807, 2.05) is 19.3 Å². The zero-order chi connectivity index (χ0) is 10.8. The molecule has 0 aliphatic carbocycles. The molecule has 76 valence electrons. The van der Waals surface area contributed by atoms with E-state index in [1.165, 1.54) is 6.21 Å². The lowest BCUT2D eigenvalue weighted by molar-refractivity contribution is -0.104. The summed E-state index contributed by atoms with van der Waals surface area (Å²) in [5.41, 5.74) is 8.87. The average Bonchev–Trinajstić information content (AvgIpc) is 2.65. The Hall–Kier alpha value is -2.17. The van der Waals surface area contributed by atoms with E-state index in [2.05, 4.69) is 10.1 Å². The zero-order valence-electron chi connectivity index (χ0n) is 8.38. The second-order valence-electron chi connectivity index (χ2n) is 3.27. The van der Waals surface area contributed by atoms with Crippen LogP contribution in [0.1, 0.15) is 5.69 Å². The van der Waals surface area contributed by atoms with Gasteiger partial charge in [-0.05, 0) is 6.07 Å². The molecule has 0 saturated carbocycles. The summed E-state index contributed by atoms with van der Waals surface area (Å²) in [5, 5.41) is 9.44. The second-order valence-corrected chi connectivity index (χ2v) is 3.27. The molecular weight excluding hydrogens is 190 g/mol. The van der Waals surface area contributed by atoms with Gasteiger partial charge in [0.25, 0.3) is 0 Å². The average molecular weight is 202 g/mol. The van der Waals surface area contributed by atoms with Crippen molar-refractivity contribution in [2.24, 2.45) is 7.05 Å². The van der Waals surface area contributed by atoms with Crippen LogP contribution >= 0.6 is 0 Å². The van der Waals surface area contributed by atoms with Gasteiger partial charge >= 0.3 is 0 Å². The first-order valence-corrected chi connectivity index (χ1v) is 4.50. The van der Waals surface area contributed by atoms with Gasteiger partial charge in [-0.1, -0.05) is 0 Å². The molecule has 0 atom stereocenters. The summed E-state index contributed by atoms with van der Waals surface area (Å²) in [7, 11) is 1.86. The molecule has 0 aliphatic heterocycles. The fourth-order valence-corrected chi connectivity index (χ4v) is 1.36. The Labute approximate surface area is 87.1 Å². The number of nitrogen functional groups attached to an aromatic ring is 1. The molecule has 0 amide bonds. The molecule has 0 bridgehead atoms. The monoisotopic (exact) mass is 202 g/mol. The van der Waals surface area contributed by atoms with E-state index in [1.54, 1.807) is 17.1 Å². The molecule has 15 heavy (non-hydrogen) atoms. The molecule has 0 fully saturated rings. The summed E-state index contributed by atoms with van der Waals surface area (Å²) in [6.07, 6.45) is 6.79. The van der Waals surface area contributed by atoms with Crippen LogP contribution in [0.25, 0.3) is 11.1 Å². The minimum absolute atomic E-state index is 0.568. The quantitative estimate of drug-likeness (QED) is 0.628. The third-order valence-corrected chi connectivity index (χ3v) is 2.15. The Bertz CT molecular complexity index is 500. The van der Waals surface area contributed by atoms with Crippen molar-refractivity contribution in [2.45, 2.75) is 0 Å². The Kier molecular flexibility index (Phi) is 2.21. The summed E-state index contributed by atoms with van der Waals surface area (Å²) < 4.78 is 1.73. The van der Waals surface area contributed by atoms with Gasteiger partial charge in [0, 0.05) is 30.6 Å². The van der Waals surface area contributed by atoms with Crippen LogP contribution in [0, 0.1) is 0 Å². The largest absolute Gasteiger partial charge is 0.397 e. The van der Waals surface area contributed by atoms with Crippen molar-refractivity contribution in [1.82, 2.24) is 14.8 Å². The summed E-state index contributed by atoms with van der Waals surface area (Å²) in [6, 6.07) is 1.84. The van der Waals surface area contributed by atoms with Crippen molar-refractivity contribution in [3.8, 4) is 11.1 Å². The predicted molar refractivity (Wildman–Crippen MR) is 57.9 cm³/mol. The maximum absolute atomic E-state index is 5.78. The number of nitrogens with two attached hydrogens (primary N) is 2. The Morgan fingerprint density at radius 3 is 2.73 bits per heavy atom. The van der Waals surface area contributed by atoms with Gasteiger partial charge in [0.15, 0.2) is 6.21 Å². The third-order valence-electron chi connectivity index (χ3n) is 2.15. The number of anilines is 1. The van der Waals surface area contributed by atoms with Crippen molar-refractivity contribution in [1.29, 1.82) is 0 Å². The van der Waals surface area contributed by atoms with E-state index >= 15 is 0 Å². The molecule has 0 aromatic carbocycles. The normalized spacial score (nSPS) is 10.2. The van der Waals surface area contributed by atoms with Crippen LogP contribution in [0.3, 0.4) is 0 Å². The highest BCUT2D eigenvalue weighted by atomic mass is 15.2. The van der Waals surface area contributed by atoms with Crippen LogP contribution in [0.15, 0.2) is 24.7 Å². The van der Waals surface area contributed by atoms with Gasteiger partial charge in [0.2, 0.25) is 0 Å². The second kappa shape index (κ2) is 3.53. The molecule has 0 aliphatic rings. The van der Waals surface area contributed by atoms with Crippen molar-refractivity contribution < 1.29 is 5.41 Å². The van der Waals surface area contributed by atoms with E-state index in [4.69, 9.17) is 11.1 Å². The molecule has 2 heterocycles. The molecule has 2 rings (SSSR count). The maximum Gasteiger partial charge on any atom is 0.188 e. The lowest BCUT2D eigenvalue weighted by Crippen LogP contribution is -2.30. The number of aryl methyl sites for hydroxylation is 1. The molecule has 5 heteroatoms. The van der Waals surface area contributed by atoms with Gasteiger partial charge in [-0.25, -0.2) is 4.98 Å². The third kappa shape index (κ3) is 1.71. The van der Waals surface area contributed by atoms with Crippen LogP contribution in [0.5, 0.6) is 0 Å². The minimum Gasteiger partial charge on any atom is -0.397 e. The lowest BCUT2D eigenvalue weighted by Gasteiger charge is -2.00. The molecule has 4 N–H and O–H groups in total. The molecule has 2 aromatic rings. The van der Waals surface area contributed by atoms with E-state index in [9.17, 15) is 0 Å². The number of pyridine rings is 1. The van der Waals surface area contributed by atoms with E-state index < -0.39 is 0 Å². The van der Waals surface area contributed by atoms with Gasteiger partial charge < -0.3 is 5.73 Å². The first kappa shape index (κ1) is 9.39. The lowest BCUT2D eigenvalue weighted by atomic mass is 10.1. The Balaban J connectivity index is 2.46. The number of hydrogen-bond donors (Lipinski definition) is 2. The van der Waals surface area contributed by atoms with Crippen LogP contribution < -0.4 is 11.1 Å². The summed E-state index contributed by atoms with van der Waals surface area (Å²) in [6.45, 7) is 0. The number of nitrogens with zero attached hydrogens (tertiary/aromatic N) is 3. The first-order chi connectivity index (χ1) is 7.20. The Morgan fingerprint density at radius 1 is 1.40 bits per heavy atom. The maximum atomic E-state index is 5.78. The van der Waals surface area contributed by atoms with Gasteiger partial charge in [-0.3, -0.25) is 10.1 Å². The summed E-state index contributed by atoms with van der Waals surface area (Å²) >= 11 is 0. The van der Waals surface area contributed by atoms with Crippen molar-refractivity contribution >= 4 is 11.9 Å². The molecule has 0 saturated heterocycles. The van der Waals surface area contributed by atoms with Crippen LogP contribution in [0.2, 0.25) is 0 Å². The first-order valence-electron chi connectivity index (χ1n) is 4.50. The van der Waals surface area contributed by atoms with Crippen molar-refractivity contribution in [3.63, 3.8) is 0 Å². The van der Waals surface area contributed by atoms with Crippen LogP contribution in [-0.2, 0) is 7.05 Å². The molecule has 0 unspecified atom stereocenters. The molecule has 5 nitrogen and oxygen atoms in total. The highest BCUT2D eigenvalue weighted by Crippen LogP contribution is 2.20. The predicted octanol–water partition coefficient (Wildman–Crippen LogP) is -0.758. The van der Waals surface area contributed by atoms with E-state index in [-0.39, 0.29) is 0 Å². The van der Waals surface area contributed by atoms with E-state index in [0.29, 0.717) is 11.4 Å². The van der Waals surface area contributed by atoms with Gasteiger partial charge in [0.05, 0.1) is 11.9 Å². The molecular formula is C10H12N5+. The number of rotatable bonds is 2. The number of hydrogen-bond acceptors (Lipinski definition) is 3. The topological polar surface area (TPSA) is 82.3 Å². The molecule has 2 aromatic heterocycles. The minimum atomic E-state index is 0.568. The zero-order valence-corrected chi connectivity index (χ0v) is 8.38. The SMILES string of the molecule is Cn1cc(-c2cnc(C=[NH2+])c(N)c2)cn1. The van der Waals surface area contributed by atoms with Crippen molar-refractivity contribution in [2.75, 3.05) is 5.73 Å². The standard InChI is InChI=1S/C10H11N5/c1-15-6-8(5-14-15)7-2-9(12)10(3-11)13-4-7/h2-6,11H,12H2,1H3/p+1. The fourth-order valence-electron chi connectivity index (χ4n) is 1.36. The number of aromatic nitrogens is 3. The molecule has 0 spiro atoms. The highest BCUT2D eigenvalue weighted by molar-refractivity contribution is 5.82. The Morgan fingerprint density at radius 2 is 2.20 bits per heavy atom. The summed E-state index contributed by atoms with van der Waals surface area (Å²) in [4.78, 5) is 4.14.